The maximum atomic E-state index is 13.0. The summed E-state index contributed by atoms with van der Waals surface area (Å²) in [7, 11) is 0. The molecule has 2 aromatic carbocycles. The third-order valence-corrected chi connectivity index (χ3v) is 4.06. The number of nitrogens with zero attached hydrogens (tertiary/aromatic N) is 2. The van der Waals surface area contributed by atoms with E-state index < -0.39 is 5.97 Å². The number of aromatic carboxylic acids is 1. The zero-order chi connectivity index (χ0) is 17.3. The first-order chi connectivity index (χ1) is 11.4. The fraction of sp³-hybridized carbons (Fsp3) is 0.0588. The summed E-state index contributed by atoms with van der Waals surface area (Å²) in [5.41, 5.74) is 1.77. The zero-order valence-corrected chi connectivity index (χ0v) is 13.7. The highest BCUT2D eigenvalue weighted by Gasteiger charge is 2.16. The monoisotopic (exact) mass is 364 g/mol. The van der Waals surface area contributed by atoms with Gasteiger partial charge in [-0.15, -0.1) is 0 Å². The second-order valence-electron chi connectivity index (χ2n) is 5.12. The number of carboxylic acid groups (broad SMARTS) is 1. The average molecular weight is 365 g/mol. The Kier molecular flexibility index (Phi) is 4.55. The van der Waals surface area contributed by atoms with Gasteiger partial charge in [0.2, 0.25) is 0 Å². The molecule has 0 atom stereocenters. The average Bonchev–Trinajstić information content (AvgIpc) is 2.95. The lowest BCUT2D eigenvalue weighted by atomic mass is 10.1. The molecule has 1 heterocycles. The molecule has 0 aliphatic rings. The Morgan fingerprint density at radius 1 is 1.12 bits per heavy atom. The van der Waals surface area contributed by atoms with Crippen LogP contribution in [-0.4, -0.2) is 20.9 Å². The van der Waals surface area contributed by atoms with E-state index in [1.165, 1.54) is 22.9 Å². The summed E-state index contributed by atoms with van der Waals surface area (Å²) in [4.78, 5) is 11.5. The van der Waals surface area contributed by atoms with Crippen LogP contribution in [0.2, 0.25) is 10.0 Å². The minimum atomic E-state index is -1.11. The number of halogens is 3. The smallest absolute Gasteiger partial charge is 0.354 e. The molecule has 7 heteroatoms. The Balaban J connectivity index is 2.00. The summed E-state index contributed by atoms with van der Waals surface area (Å²) in [5, 5.41) is 14.6. The van der Waals surface area contributed by atoms with E-state index in [4.69, 9.17) is 23.2 Å². The first-order valence-corrected chi connectivity index (χ1v) is 7.70. The standard InChI is InChI=1S/C17H11Cl2FN2O2/c18-12-4-1-11(14(19)7-12)9-22-16(17(23)24)8-15(21-22)10-2-5-13(20)6-3-10/h1-8H,9H2,(H,23,24). The topological polar surface area (TPSA) is 55.1 Å². The van der Waals surface area contributed by atoms with Crippen LogP contribution in [-0.2, 0) is 6.54 Å². The van der Waals surface area contributed by atoms with Crippen LogP contribution in [0.5, 0.6) is 0 Å². The van der Waals surface area contributed by atoms with Crippen LogP contribution in [0.1, 0.15) is 16.1 Å². The Hall–Kier alpha value is -2.37. The number of benzene rings is 2. The first-order valence-electron chi connectivity index (χ1n) is 6.95. The lowest BCUT2D eigenvalue weighted by Crippen LogP contribution is -2.11. The van der Waals surface area contributed by atoms with Crippen molar-refractivity contribution in [3.8, 4) is 11.3 Å². The van der Waals surface area contributed by atoms with Crippen LogP contribution in [0.4, 0.5) is 4.39 Å². The molecule has 3 aromatic rings. The summed E-state index contributed by atoms with van der Waals surface area (Å²) in [6, 6.07) is 12.1. The van der Waals surface area contributed by atoms with Crippen molar-refractivity contribution in [2.24, 2.45) is 0 Å². The SMILES string of the molecule is O=C(O)c1cc(-c2ccc(F)cc2)nn1Cc1ccc(Cl)cc1Cl. The molecular formula is C17H11Cl2FN2O2. The van der Waals surface area contributed by atoms with Crippen molar-refractivity contribution in [2.75, 3.05) is 0 Å². The lowest BCUT2D eigenvalue weighted by Gasteiger charge is -2.07. The summed E-state index contributed by atoms with van der Waals surface area (Å²) in [5.74, 6) is -1.48. The van der Waals surface area contributed by atoms with Crippen LogP contribution in [0, 0.1) is 5.82 Å². The number of hydrogen-bond donors (Lipinski definition) is 1. The molecule has 0 fully saturated rings. The molecule has 0 spiro atoms. The van der Waals surface area contributed by atoms with E-state index in [9.17, 15) is 14.3 Å². The minimum Gasteiger partial charge on any atom is -0.477 e. The molecule has 0 saturated heterocycles. The van der Waals surface area contributed by atoms with Gasteiger partial charge in [0.1, 0.15) is 11.5 Å². The van der Waals surface area contributed by atoms with Gasteiger partial charge in [0.25, 0.3) is 0 Å². The second-order valence-corrected chi connectivity index (χ2v) is 5.96. The van der Waals surface area contributed by atoms with E-state index in [1.807, 2.05) is 0 Å². The molecule has 0 bridgehead atoms. The van der Waals surface area contributed by atoms with E-state index in [1.54, 1.807) is 30.3 Å². The van der Waals surface area contributed by atoms with Gasteiger partial charge in [-0.05, 0) is 48.0 Å². The van der Waals surface area contributed by atoms with Gasteiger partial charge in [0.05, 0.1) is 12.2 Å². The van der Waals surface area contributed by atoms with Gasteiger partial charge in [0.15, 0.2) is 0 Å². The van der Waals surface area contributed by atoms with E-state index >= 15 is 0 Å². The summed E-state index contributed by atoms with van der Waals surface area (Å²) < 4.78 is 14.4. The van der Waals surface area contributed by atoms with Gasteiger partial charge < -0.3 is 5.11 Å². The number of hydrogen-bond acceptors (Lipinski definition) is 2. The highest BCUT2D eigenvalue weighted by atomic mass is 35.5. The highest BCUT2D eigenvalue weighted by Crippen LogP contribution is 2.24. The van der Waals surface area contributed by atoms with Crippen LogP contribution < -0.4 is 0 Å². The molecular weight excluding hydrogens is 354 g/mol. The van der Waals surface area contributed by atoms with Gasteiger partial charge >= 0.3 is 5.97 Å². The maximum absolute atomic E-state index is 13.0. The molecule has 0 amide bonds. The van der Waals surface area contributed by atoms with Gasteiger partial charge in [-0.1, -0.05) is 29.3 Å². The highest BCUT2D eigenvalue weighted by molar-refractivity contribution is 6.35. The number of carboxylic acids is 1. The normalized spacial score (nSPS) is 10.8. The van der Waals surface area contributed by atoms with Crippen molar-refractivity contribution >= 4 is 29.2 Å². The van der Waals surface area contributed by atoms with Crippen LogP contribution in [0.25, 0.3) is 11.3 Å². The molecule has 4 nitrogen and oxygen atoms in total. The third kappa shape index (κ3) is 3.42. The molecule has 122 valence electrons. The van der Waals surface area contributed by atoms with Crippen LogP contribution in [0.15, 0.2) is 48.5 Å². The van der Waals surface area contributed by atoms with Crippen molar-refractivity contribution in [3.05, 3.63) is 75.7 Å². The van der Waals surface area contributed by atoms with Gasteiger partial charge in [-0.3, -0.25) is 4.68 Å². The fourth-order valence-electron chi connectivity index (χ4n) is 2.28. The lowest BCUT2D eigenvalue weighted by molar-refractivity contribution is 0.0684. The van der Waals surface area contributed by atoms with Gasteiger partial charge in [-0.2, -0.15) is 5.10 Å². The molecule has 0 saturated carbocycles. The molecule has 0 aliphatic heterocycles. The Bertz CT molecular complexity index is 907. The number of rotatable bonds is 4. The fourth-order valence-corrected chi connectivity index (χ4v) is 2.75. The molecule has 0 unspecified atom stereocenters. The van der Waals surface area contributed by atoms with Crippen molar-refractivity contribution in [2.45, 2.75) is 6.54 Å². The Labute approximate surface area is 147 Å². The van der Waals surface area contributed by atoms with Crippen molar-refractivity contribution in [1.82, 2.24) is 9.78 Å². The van der Waals surface area contributed by atoms with E-state index in [2.05, 4.69) is 5.10 Å². The largest absolute Gasteiger partial charge is 0.477 e. The molecule has 0 radical (unpaired) electrons. The molecule has 1 aromatic heterocycles. The third-order valence-electron chi connectivity index (χ3n) is 3.47. The predicted molar refractivity (Wildman–Crippen MR) is 90.1 cm³/mol. The van der Waals surface area contributed by atoms with Gasteiger partial charge in [0, 0.05) is 15.6 Å². The minimum absolute atomic E-state index is 0.0142. The maximum Gasteiger partial charge on any atom is 0.354 e. The van der Waals surface area contributed by atoms with E-state index in [0.29, 0.717) is 26.9 Å². The van der Waals surface area contributed by atoms with E-state index in [-0.39, 0.29) is 18.1 Å². The summed E-state index contributed by atoms with van der Waals surface area (Å²) in [6.07, 6.45) is 0. The Morgan fingerprint density at radius 3 is 2.46 bits per heavy atom. The number of aromatic nitrogens is 2. The zero-order valence-electron chi connectivity index (χ0n) is 12.2. The summed E-state index contributed by atoms with van der Waals surface area (Å²) >= 11 is 12.0. The van der Waals surface area contributed by atoms with Crippen molar-refractivity contribution in [3.63, 3.8) is 0 Å². The predicted octanol–water partition coefficient (Wildman–Crippen LogP) is 4.74. The van der Waals surface area contributed by atoms with E-state index in [0.717, 1.165) is 0 Å². The quantitative estimate of drug-likeness (QED) is 0.727. The first kappa shape index (κ1) is 16.5. The molecule has 3 rings (SSSR count). The number of carbonyl (C=O) groups is 1. The summed E-state index contributed by atoms with van der Waals surface area (Å²) in [6.45, 7) is 0.179. The Morgan fingerprint density at radius 2 is 1.83 bits per heavy atom. The second kappa shape index (κ2) is 6.63. The molecule has 0 aliphatic carbocycles. The molecule has 24 heavy (non-hydrogen) atoms. The van der Waals surface area contributed by atoms with Crippen LogP contribution >= 0.6 is 23.2 Å². The molecule has 1 N–H and O–H groups in total. The van der Waals surface area contributed by atoms with Crippen molar-refractivity contribution < 1.29 is 14.3 Å². The van der Waals surface area contributed by atoms with Gasteiger partial charge in [-0.25, -0.2) is 9.18 Å². The van der Waals surface area contributed by atoms with Crippen LogP contribution in [0.3, 0.4) is 0 Å². The van der Waals surface area contributed by atoms with Crippen molar-refractivity contribution in [1.29, 1.82) is 0 Å².